The van der Waals surface area contributed by atoms with Crippen molar-refractivity contribution in [2.24, 2.45) is 0 Å². The lowest BCUT2D eigenvalue weighted by Crippen LogP contribution is -2.31. The molecule has 0 spiro atoms. The molecular formula is C19H20FN3O4. The number of halogens is 1. The van der Waals surface area contributed by atoms with Crippen molar-refractivity contribution in [3.8, 4) is 11.4 Å². The first kappa shape index (κ1) is 14.2. The van der Waals surface area contributed by atoms with E-state index in [4.69, 9.17) is 8.85 Å². The van der Waals surface area contributed by atoms with Crippen LogP contribution in [0.15, 0.2) is 24.5 Å². The Morgan fingerprint density at radius 3 is 3.04 bits per heavy atom. The van der Waals surface area contributed by atoms with Crippen molar-refractivity contribution >= 4 is 11.9 Å². The van der Waals surface area contributed by atoms with Gasteiger partial charge in [0.1, 0.15) is 12.1 Å². The zero-order valence-corrected chi connectivity index (χ0v) is 14.9. The Balaban J connectivity index is 1.84. The van der Waals surface area contributed by atoms with Gasteiger partial charge in [-0.3, -0.25) is 9.36 Å². The lowest BCUT2D eigenvalue weighted by Gasteiger charge is -2.23. The third-order valence-corrected chi connectivity index (χ3v) is 4.81. The highest BCUT2D eigenvalue weighted by atomic mass is 19.2. The molecule has 1 aromatic carbocycles. The standard InChI is InChI=1S/C19H20FN3O4/c1-19(2,20)27-18(25)15-16-14-5-4-8-22(14)17(24)12-9-11(26-3)6-7-13(12)23(16)10-21-15/h6-7,9-10,14H,4-5,8H2,1-3H3/t14-/m0/s1/i1D3/t14-,19?. The first-order chi connectivity index (χ1) is 14.0. The summed E-state index contributed by atoms with van der Waals surface area (Å²) < 4.78 is 47.7. The van der Waals surface area contributed by atoms with Crippen LogP contribution in [0.5, 0.6) is 5.75 Å². The number of hydrogen-bond donors (Lipinski definition) is 0. The van der Waals surface area contributed by atoms with Gasteiger partial charge in [-0.05, 0) is 31.0 Å². The summed E-state index contributed by atoms with van der Waals surface area (Å²) in [5.74, 6) is -4.08. The summed E-state index contributed by atoms with van der Waals surface area (Å²) in [7, 11) is 1.50. The zero-order chi connectivity index (χ0) is 21.8. The van der Waals surface area contributed by atoms with Crippen molar-refractivity contribution in [1.82, 2.24) is 14.5 Å². The molecule has 1 unspecified atom stereocenters. The van der Waals surface area contributed by atoms with Crippen LogP contribution in [0.2, 0.25) is 0 Å². The summed E-state index contributed by atoms with van der Waals surface area (Å²) in [6, 6.07) is 4.50. The molecule has 2 aliphatic heterocycles. The van der Waals surface area contributed by atoms with Gasteiger partial charge in [0.15, 0.2) is 5.69 Å². The van der Waals surface area contributed by atoms with Crippen molar-refractivity contribution in [3.63, 3.8) is 0 Å². The number of aromatic nitrogens is 2. The van der Waals surface area contributed by atoms with Gasteiger partial charge in [0, 0.05) is 24.4 Å². The number of fused-ring (bicyclic) bond motifs is 5. The van der Waals surface area contributed by atoms with Gasteiger partial charge in [0.2, 0.25) is 5.85 Å². The van der Waals surface area contributed by atoms with E-state index in [1.165, 1.54) is 13.4 Å². The molecule has 2 aromatic rings. The Bertz CT molecular complexity index is 1030. The molecule has 4 rings (SSSR count). The molecule has 2 atom stereocenters. The summed E-state index contributed by atoms with van der Waals surface area (Å²) in [4.78, 5) is 31.6. The number of amides is 1. The second-order valence-corrected chi connectivity index (χ2v) is 6.69. The molecule has 1 aromatic heterocycles. The smallest absolute Gasteiger partial charge is 0.361 e. The number of alkyl halides is 1. The van der Waals surface area contributed by atoms with Crippen LogP contribution < -0.4 is 4.74 Å². The summed E-state index contributed by atoms with van der Waals surface area (Å²) in [6.45, 7) is -1.99. The topological polar surface area (TPSA) is 73.7 Å². The van der Waals surface area contributed by atoms with Gasteiger partial charge >= 0.3 is 5.97 Å². The van der Waals surface area contributed by atoms with E-state index in [0.717, 1.165) is 0 Å². The van der Waals surface area contributed by atoms with Gasteiger partial charge in [0.05, 0.1) is 30.1 Å². The van der Waals surface area contributed by atoms with Crippen molar-refractivity contribution in [1.29, 1.82) is 0 Å². The van der Waals surface area contributed by atoms with Crippen LogP contribution in [0.3, 0.4) is 0 Å². The molecule has 0 aliphatic carbocycles. The molecule has 0 saturated carbocycles. The van der Waals surface area contributed by atoms with Crippen LogP contribution >= 0.6 is 0 Å². The van der Waals surface area contributed by atoms with Crippen LogP contribution in [0.1, 0.15) is 63.3 Å². The SMILES string of the molecule is [2H]C([2H])([2H])C(C)(F)OC(=O)c1ncn2c1[C@@H]1CCCN1C(=O)c1cc(OC)ccc1-2. The first-order valence-electron chi connectivity index (χ1n) is 10.0. The number of benzene rings is 1. The molecule has 1 amide bonds. The fraction of sp³-hybridized carbons (Fsp3) is 0.421. The van der Waals surface area contributed by atoms with Gasteiger partial charge in [-0.1, -0.05) is 0 Å². The predicted molar refractivity (Wildman–Crippen MR) is 93.7 cm³/mol. The molecule has 1 fully saturated rings. The van der Waals surface area contributed by atoms with Crippen LogP contribution in [-0.4, -0.2) is 45.8 Å². The average molecular weight is 376 g/mol. The maximum atomic E-state index is 14.5. The van der Waals surface area contributed by atoms with Crippen molar-refractivity contribution in [2.45, 2.75) is 38.5 Å². The third-order valence-electron chi connectivity index (χ3n) is 4.81. The lowest BCUT2D eigenvalue weighted by molar-refractivity contribution is -0.0763. The Morgan fingerprint density at radius 2 is 2.30 bits per heavy atom. The molecule has 0 radical (unpaired) electrons. The minimum absolute atomic E-state index is 0.212. The maximum absolute atomic E-state index is 14.5. The van der Waals surface area contributed by atoms with E-state index in [1.807, 2.05) is 0 Å². The Kier molecular flexibility index (Phi) is 3.19. The predicted octanol–water partition coefficient (Wildman–Crippen LogP) is 3.03. The minimum atomic E-state index is -3.18. The van der Waals surface area contributed by atoms with Gasteiger partial charge in [-0.25, -0.2) is 9.78 Å². The van der Waals surface area contributed by atoms with E-state index >= 15 is 0 Å². The van der Waals surface area contributed by atoms with Crippen molar-refractivity contribution in [3.05, 3.63) is 41.5 Å². The highest BCUT2D eigenvalue weighted by Gasteiger charge is 2.41. The van der Waals surface area contributed by atoms with E-state index in [1.54, 1.807) is 27.7 Å². The van der Waals surface area contributed by atoms with Gasteiger partial charge < -0.3 is 14.4 Å². The number of hydrogen-bond acceptors (Lipinski definition) is 5. The highest BCUT2D eigenvalue weighted by Crippen LogP contribution is 2.40. The molecule has 2 aliphatic rings. The van der Waals surface area contributed by atoms with Gasteiger partial charge in [-0.2, -0.15) is 4.39 Å². The minimum Gasteiger partial charge on any atom is -0.497 e. The fourth-order valence-corrected chi connectivity index (χ4v) is 3.72. The van der Waals surface area contributed by atoms with Crippen LogP contribution in [0.25, 0.3) is 5.69 Å². The number of rotatable bonds is 3. The maximum Gasteiger partial charge on any atom is 0.361 e. The lowest BCUT2D eigenvalue weighted by atomic mass is 10.1. The Labute approximate surface area is 159 Å². The van der Waals surface area contributed by atoms with Crippen LogP contribution in [-0.2, 0) is 4.74 Å². The Morgan fingerprint density at radius 1 is 1.48 bits per heavy atom. The summed E-state index contributed by atoms with van der Waals surface area (Å²) in [5.41, 5.74) is 1.04. The van der Waals surface area contributed by atoms with Crippen molar-refractivity contribution < 1.29 is 27.6 Å². The molecule has 7 nitrogen and oxygen atoms in total. The quantitative estimate of drug-likeness (QED) is 0.770. The highest BCUT2D eigenvalue weighted by molar-refractivity contribution is 6.00. The largest absolute Gasteiger partial charge is 0.497 e. The molecule has 3 heterocycles. The number of carbonyl (C=O) groups is 2. The number of imidazole rings is 1. The second-order valence-electron chi connectivity index (χ2n) is 6.69. The molecule has 0 N–H and O–H groups in total. The molecule has 27 heavy (non-hydrogen) atoms. The fourth-order valence-electron chi connectivity index (χ4n) is 3.72. The monoisotopic (exact) mass is 376 g/mol. The number of methoxy groups -OCH3 is 1. The zero-order valence-electron chi connectivity index (χ0n) is 17.9. The summed E-state index contributed by atoms with van der Waals surface area (Å²) in [5, 5.41) is 0. The van der Waals surface area contributed by atoms with E-state index in [2.05, 4.69) is 9.72 Å². The van der Waals surface area contributed by atoms with E-state index in [0.29, 0.717) is 49.0 Å². The van der Waals surface area contributed by atoms with Crippen LogP contribution in [0.4, 0.5) is 4.39 Å². The van der Waals surface area contributed by atoms with E-state index < -0.39 is 24.7 Å². The van der Waals surface area contributed by atoms with Crippen LogP contribution in [0, 0.1) is 0 Å². The second kappa shape index (κ2) is 6.07. The first-order valence-corrected chi connectivity index (χ1v) is 8.54. The number of nitrogens with zero attached hydrogens (tertiary/aromatic N) is 3. The average Bonchev–Trinajstić information content (AvgIpc) is 3.30. The van der Waals surface area contributed by atoms with Gasteiger partial charge in [0.25, 0.3) is 5.91 Å². The van der Waals surface area contributed by atoms with E-state index in [-0.39, 0.29) is 11.6 Å². The number of carbonyl (C=O) groups excluding carboxylic acids is 2. The van der Waals surface area contributed by atoms with Crippen molar-refractivity contribution in [2.75, 3.05) is 13.7 Å². The number of ether oxygens (including phenoxy) is 2. The normalized spacial score (nSPS) is 22.3. The van der Waals surface area contributed by atoms with E-state index in [9.17, 15) is 14.0 Å². The molecular weight excluding hydrogens is 353 g/mol. The van der Waals surface area contributed by atoms with Gasteiger partial charge in [-0.15, -0.1) is 0 Å². The summed E-state index contributed by atoms with van der Waals surface area (Å²) in [6.07, 6.45) is 2.65. The third kappa shape index (κ3) is 2.85. The summed E-state index contributed by atoms with van der Waals surface area (Å²) >= 11 is 0. The molecule has 1 saturated heterocycles. The Hall–Kier alpha value is -2.90. The molecule has 0 bridgehead atoms. The number of esters is 1. The molecule has 8 heteroatoms. The molecule has 142 valence electrons.